The molecule has 2 aromatic rings. The van der Waals surface area contributed by atoms with Crippen molar-refractivity contribution in [2.45, 2.75) is 38.0 Å². The quantitative estimate of drug-likeness (QED) is 0.676. The number of benzene rings is 2. The van der Waals surface area contributed by atoms with Gasteiger partial charge in [0.15, 0.2) is 0 Å². The fourth-order valence-corrected chi connectivity index (χ4v) is 5.52. The van der Waals surface area contributed by atoms with Gasteiger partial charge in [-0.1, -0.05) is 73.7 Å². The van der Waals surface area contributed by atoms with Gasteiger partial charge in [0.05, 0.1) is 5.41 Å². The number of likely N-dealkylation sites (tertiary alicyclic amines) is 2. The Bertz CT molecular complexity index is 722. The molecule has 148 valence electrons. The standard InChI is InChI=1S/C26H34N2/c1-3-28-21-25(17-20-27-18-11-6-12-19-27)26(22(28)2,23-13-7-4-8-14-23)24-15-9-5-10-16-24/h4-5,7-10,13-16,25H,2-3,6,11-12,17-21H2,1H3. The molecule has 2 aliphatic heterocycles. The third kappa shape index (κ3) is 3.39. The average Bonchev–Trinajstić information content (AvgIpc) is 3.06. The summed E-state index contributed by atoms with van der Waals surface area (Å²) in [5, 5.41) is 0. The fourth-order valence-electron chi connectivity index (χ4n) is 5.52. The van der Waals surface area contributed by atoms with Crippen LogP contribution in [0, 0.1) is 5.92 Å². The van der Waals surface area contributed by atoms with Gasteiger partial charge >= 0.3 is 0 Å². The number of likely N-dealkylation sites (N-methyl/N-ethyl adjacent to an activating group) is 1. The first kappa shape index (κ1) is 19.3. The molecule has 2 aliphatic rings. The minimum Gasteiger partial charge on any atom is -0.374 e. The molecule has 28 heavy (non-hydrogen) atoms. The molecule has 2 nitrogen and oxygen atoms in total. The first-order chi connectivity index (χ1) is 13.8. The normalized spacial score (nSPS) is 22.5. The Morgan fingerprint density at radius 2 is 1.46 bits per heavy atom. The van der Waals surface area contributed by atoms with Crippen molar-refractivity contribution in [3.63, 3.8) is 0 Å². The molecule has 0 aliphatic carbocycles. The molecule has 0 bridgehead atoms. The molecule has 0 N–H and O–H groups in total. The number of rotatable bonds is 6. The molecule has 4 rings (SSSR count). The molecule has 2 saturated heterocycles. The number of allylic oxidation sites excluding steroid dienone is 1. The summed E-state index contributed by atoms with van der Waals surface area (Å²) in [6, 6.07) is 22.2. The predicted octanol–water partition coefficient (Wildman–Crippen LogP) is 5.31. The summed E-state index contributed by atoms with van der Waals surface area (Å²) in [4.78, 5) is 5.20. The Kier molecular flexibility index (Phi) is 5.87. The lowest BCUT2D eigenvalue weighted by Crippen LogP contribution is -2.38. The van der Waals surface area contributed by atoms with Crippen molar-refractivity contribution in [3.8, 4) is 0 Å². The molecule has 0 amide bonds. The van der Waals surface area contributed by atoms with E-state index in [9.17, 15) is 0 Å². The Morgan fingerprint density at radius 3 is 2.00 bits per heavy atom. The van der Waals surface area contributed by atoms with Crippen molar-refractivity contribution in [1.29, 1.82) is 0 Å². The average molecular weight is 375 g/mol. The van der Waals surface area contributed by atoms with Crippen LogP contribution in [0.5, 0.6) is 0 Å². The van der Waals surface area contributed by atoms with E-state index in [1.165, 1.54) is 62.1 Å². The maximum absolute atomic E-state index is 4.67. The lowest BCUT2D eigenvalue weighted by atomic mass is 9.65. The van der Waals surface area contributed by atoms with E-state index in [0.29, 0.717) is 5.92 Å². The Morgan fingerprint density at radius 1 is 0.893 bits per heavy atom. The highest BCUT2D eigenvalue weighted by molar-refractivity contribution is 5.51. The van der Waals surface area contributed by atoms with Gasteiger partial charge in [-0.25, -0.2) is 0 Å². The highest BCUT2D eigenvalue weighted by Gasteiger charge is 2.51. The molecule has 1 unspecified atom stereocenters. The van der Waals surface area contributed by atoms with Gasteiger partial charge in [-0.2, -0.15) is 0 Å². The first-order valence-corrected chi connectivity index (χ1v) is 11.0. The summed E-state index contributed by atoms with van der Waals surface area (Å²) >= 11 is 0. The van der Waals surface area contributed by atoms with Gasteiger partial charge in [0, 0.05) is 18.8 Å². The molecular formula is C26H34N2. The summed E-state index contributed by atoms with van der Waals surface area (Å²) < 4.78 is 0. The minimum atomic E-state index is -0.117. The lowest BCUT2D eigenvalue weighted by Gasteiger charge is -2.38. The monoisotopic (exact) mass is 374 g/mol. The molecule has 1 atom stereocenters. The summed E-state index contributed by atoms with van der Waals surface area (Å²) in [6.45, 7) is 12.8. The molecule has 2 fully saturated rings. The summed E-state index contributed by atoms with van der Waals surface area (Å²) in [5.41, 5.74) is 3.95. The van der Waals surface area contributed by atoms with Crippen LogP contribution >= 0.6 is 0 Å². The van der Waals surface area contributed by atoms with Crippen molar-refractivity contribution < 1.29 is 0 Å². The minimum absolute atomic E-state index is 0.117. The van der Waals surface area contributed by atoms with Crippen LogP contribution in [-0.4, -0.2) is 42.5 Å². The SMILES string of the molecule is C=C1N(CC)CC(CCN2CCCCC2)C1(c1ccccc1)c1ccccc1. The molecule has 0 saturated carbocycles. The number of nitrogens with zero attached hydrogens (tertiary/aromatic N) is 2. The van der Waals surface area contributed by atoms with Crippen LogP contribution < -0.4 is 0 Å². The van der Waals surface area contributed by atoms with E-state index in [1.54, 1.807) is 0 Å². The van der Waals surface area contributed by atoms with Crippen LogP contribution in [0.15, 0.2) is 72.9 Å². The van der Waals surface area contributed by atoms with Gasteiger partial charge in [-0.05, 0) is 62.9 Å². The molecular weight excluding hydrogens is 340 g/mol. The van der Waals surface area contributed by atoms with Crippen LogP contribution in [0.1, 0.15) is 43.7 Å². The number of hydrogen-bond donors (Lipinski definition) is 0. The molecule has 0 radical (unpaired) electrons. The third-order valence-corrected chi connectivity index (χ3v) is 6.97. The van der Waals surface area contributed by atoms with E-state index < -0.39 is 0 Å². The van der Waals surface area contributed by atoms with Crippen LogP contribution in [0.2, 0.25) is 0 Å². The maximum atomic E-state index is 4.67. The van der Waals surface area contributed by atoms with E-state index in [1.807, 2.05) is 0 Å². The maximum Gasteiger partial charge on any atom is 0.0639 e. The van der Waals surface area contributed by atoms with E-state index in [0.717, 1.165) is 13.1 Å². The zero-order valence-electron chi connectivity index (χ0n) is 17.3. The Balaban J connectivity index is 1.74. The van der Waals surface area contributed by atoms with Gasteiger partial charge in [0.2, 0.25) is 0 Å². The summed E-state index contributed by atoms with van der Waals surface area (Å²) in [6.07, 6.45) is 5.35. The second-order valence-electron chi connectivity index (χ2n) is 8.41. The van der Waals surface area contributed by atoms with E-state index in [4.69, 9.17) is 0 Å². The topological polar surface area (TPSA) is 6.48 Å². The zero-order valence-corrected chi connectivity index (χ0v) is 17.3. The molecule has 2 heteroatoms. The molecule has 0 aromatic heterocycles. The highest BCUT2D eigenvalue weighted by atomic mass is 15.2. The van der Waals surface area contributed by atoms with Crippen LogP contribution in [-0.2, 0) is 5.41 Å². The third-order valence-electron chi connectivity index (χ3n) is 6.97. The Hall–Kier alpha value is -2.06. The molecule has 2 aromatic carbocycles. The highest BCUT2D eigenvalue weighted by Crippen LogP contribution is 2.52. The van der Waals surface area contributed by atoms with E-state index in [2.05, 4.69) is 84.0 Å². The van der Waals surface area contributed by atoms with Gasteiger partial charge in [-0.3, -0.25) is 0 Å². The molecule has 0 spiro atoms. The summed E-state index contributed by atoms with van der Waals surface area (Å²) in [7, 11) is 0. The van der Waals surface area contributed by atoms with E-state index >= 15 is 0 Å². The smallest absolute Gasteiger partial charge is 0.0639 e. The largest absolute Gasteiger partial charge is 0.374 e. The van der Waals surface area contributed by atoms with Gasteiger partial charge in [-0.15, -0.1) is 0 Å². The Labute approximate surface area is 170 Å². The van der Waals surface area contributed by atoms with Crippen molar-refractivity contribution in [2.24, 2.45) is 5.92 Å². The first-order valence-electron chi connectivity index (χ1n) is 11.0. The second-order valence-corrected chi connectivity index (χ2v) is 8.41. The van der Waals surface area contributed by atoms with Crippen LogP contribution in [0.4, 0.5) is 0 Å². The van der Waals surface area contributed by atoms with Crippen molar-refractivity contribution in [1.82, 2.24) is 9.80 Å². The van der Waals surface area contributed by atoms with Gasteiger partial charge < -0.3 is 9.80 Å². The predicted molar refractivity (Wildman–Crippen MR) is 118 cm³/mol. The summed E-state index contributed by atoms with van der Waals surface area (Å²) in [5.74, 6) is 0.548. The fraction of sp³-hybridized carbons (Fsp3) is 0.462. The van der Waals surface area contributed by atoms with Crippen molar-refractivity contribution in [3.05, 3.63) is 84.1 Å². The van der Waals surface area contributed by atoms with Crippen molar-refractivity contribution in [2.75, 3.05) is 32.7 Å². The second kappa shape index (κ2) is 8.53. The van der Waals surface area contributed by atoms with Crippen LogP contribution in [0.3, 0.4) is 0 Å². The number of piperidine rings is 1. The zero-order chi connectivity index (χ0) is 19.4. The molecule has 2 heterocycles. The lowest BCUT2D eigenvalue weighted by molar-refractivity contribution is 0.204. The van der Waals surface area contributed by atoms with Gasteiger partial charge in [0.25, 0.3) is 0 Å². The number of hydrogen-bond acceptors (Lipinski definition) is 2. The van der Waals surface area contributed by atoms with Gasteiger partial charge in [0.1, 0.15) is 0 Å². The van der Waals surface area contributed by atoms with Crippen LogP contribution in [0.25, 0.3) is 0 Å². The van der Waals surface area contributed by atoms with Crippen molar-refractivity contribution >= 4 is 0 Å². The van der Waals surface area contributed by atoms with E-state index in [-0.39, 0.29) is 5.41 Å².